The molecule has 0 fully saturated rings. The number of aryl methyl sites for hydroxylation is 1. The van der Waals surface area contributed by atoms with Gasteiger partial charge in [-0.3, -0.25) is 19.0 Å². The quantitative estimate of drug-likeness (QED) is 0.575. The topological polar surface area (TPSA) is 107 Å². The number of anilines is 1. The van der Waals surface area contributed by atoms with Crippen LogP contribution in [0.5, 0.6) is 0 Å². The van der Waals surface area contributed by atoms with Crippen molar-refractivity contribution in [2.24, 2.45) is 5.73 Å². The predicted octanol–water partition coefficient (Wildman–Crippen LogP) is 1.74. The third kappa shape index (κ3) is 3.94. The lowest BCUT2D eigenvalue weighted by atomic mass is 10.2. The Balaban J connectivity index is 1.67. The van der Waals surface area contributed by atoms with Crippen molar-refractivity contribution in [1.82, 2.24) is 9.55 Å². The van der Waals surface area contributed by atoms with Crippen LogP contribution < -0.4 is 16.6 Å². The van der Waals surface area contributed by atoms with Gasteiger partial charge in [0.25, 0.3) is 5.56 Å². The monoisotopic (exact) mass is 390 g/mol. The van der Waals surface area contributed by atoms with Crippen LogP contribution in [0.2, 0.25) is 0 Å². The molecule has 2 amide bonds. The Labute approximate surface area is 158 Å². The van der Waals surface area contributed by atoms with Crippen LogP contribution in [0.3, 0.4) is 0 Å². The first-order valence-electron chi connectivity index (χ1n) is 8.08. The number of hydrogen-bond acceptors (Lipinski definition) is 6. The SMILES string of the molecule is CCn1c(SCC(=O)Nc2ccc(C(N)=O)cc2)nc2c(c1=O)SCC2. The van der Waals surface area contributed by atoms with E-state index in [1.807, 2.05) is 6.92 Å². The van der Waals surface area contributed by atoms with Gasteiger partial charge in [-0.15, -0.1) is 11.8 Å². The Morgan fingerprint density at radius 2 is 2.08 bits per heavy atom. The first-order chi connectivity index (χ1) is 12.5. The van der Waals surface area contributed by atoms with E-state index in [-0.39, 0.29) is 17.2 Å². The molecule has 0 aliphatic carbocycles. The highest BCUT2D eigenvalue weighted by Crippen LogP contribution is 2.28. The van der Waals surface area contributed by atoms with Crippen LogP contribution in [0.15, 0.2) is 39.1 Å². The smallest absolute Gasteiger partial charge is 0.268 e. The van der Waals surface area contributed by atoms with Gasteiger partial charge in [0.05, 0.1) is 16.3 Å². The number of hydrogen-bond donors (Lipinski definition) is 2. The van der Waals surface area contributed by atoms with E-state index in [0.29, 0.717) is 23.0 Å². The molecule has 0 unspecified atom stereocenters. The molecule has 1 aliphatic heterocycles. The average molecular weight is 390 g/mol. The summed E-state index contributed by atoms with van der Waals surface area (Å²) in [6.07, 6.45) is 0.783. The van der Waals surface area contributed by atoms with Crippen molar-refractivity contribution in [2.75, 3.05) is 16.8 Å². The molecule has 3 rings (SSSR count). The molecule has 26 heavy (non-hydrogen) atoms. The number of fused-ring (bicyclic) bond motifs is 1. The summed E-state index contributed by atoms with van der Waals surface area (Å²) in [5.74, 6) is 0.276. The summed E-state index contributed by atoms with van der Waals surface area (Å²) in [7, 11) is 0. The molecule has 136 valence electrons. The molecule has 2 heterocycles. The number of rotatable bonds is 6. The standard InChI is InChI=1S/C17H18N4O3S2/c1-2-21-16(24)14-12(7-8-25-14)20-17(21)26-9-13(22)19-11-5-3-10(4-6-11)15(18)23/h3-6H,2,7-9H2,1H3,(H2,18,23)(H,19,22). The van der Waals surface area contributed by atoms with Crippen molar-refractivity contribution < 1.29 is 9.59 Å². The Morgan fingerprint density at radius 3 is 2.73 bits per heavy atom. The van der Waals surface area contributed by atoms with Crippen molar-refractivity contribution in [3.8, 4) is 0 Å². The second kappa shape index (κ2) is 7.96. The Kier molecular flexibility index (Phi) is 5.67. The minimum absolute atomic E-state index is 0.0232. The first-order valence-corrected chi connectivity index (χ1v) is 10.1. The molecule has 0 bridgehead atoms. The summed E-state index contributed by atoms with van der Waals surface area (Å²) in [6, 6.07) is 6.35. The fraction of sp³-hybridized carbons (Fsp3) is 0.294. The number of carbonyl (C=O) groups is 2. The van der Waals surface area contributed by atoms with E-state index in [0.717, 1.165) is 22.8 Å². The number of aromatic nitrogens is 2. The van der Waals surface area contributed by atoms with Crippen LogP contribution in [0.25, 0.3) is 0 Å². The van der Waals surface area contributed by atoms with E-state index in [9.17, 15) is 14.4 Å². The number of benzene rings is 1. The molecule has 0 spiro atoms. The molecule has 7 nitrogen and oxygen atoms in total. The highest BCUT2D eigenvalue weighted by Gasteiger charge is 2.21. The van der Waals surface area contributed by atoms with E-state index < -0.39 is 5.91 Å². The molecule has 0 radical (unpaired) electrons. The van der Waals surface area contributed by atoms with E-state index in [1.165, 1.54) is 11.8 Å². The molecule has 1 aliphatic rings. The van der Waals surface area contributed by atoms with Crippen LogP contribution in [0.1, 0.15) is 23.0 Å². The normalized spacial score (nSPS) is 12.7. The van der Waals surface area contributed by atoms with Crippen molar-refractivity contribution in [1.29, 1.82) is 0 Å². The second-order valence-corrected chi connectivity index (χ2v) is 7.64. The summed E-state index contributed by atoms with van der Waals surface area (Å²) in [5.41, 5.74) is 6.95. The van der Waals surface area contributed by atoms with Gasteiger partial charge in [0.2, 0.25) is 11.8 Å². The Morgan fingerprint density at radius 1 is 1.35 bits per heavy atom. The zero-order valence-corrected chi connectivity index (χ0v) is 15.8. The molecule has 0 atom stereocenters. The van der Waals surface area contributed by atoms with Gasteiger partial charge in [0.15, 0.2) is 5.16 Å². The minimum Gasteiger partial charge on any atom is -0.366 e. The van der Waals surface area contributed by atoms with Gasteiger partial charge in [0.1, 0.15) is 0 Å². The number of nitrogens with zero attached hydrogens (tertiary/aromatic N) is 2. The van der Waals surface area contributed by atoms with Crippen LogP contribution in [0, 0.1) is 0 Å². The van der Waals surface area contributed by atoms with Crippen LogP contribution in [-0.4, -0.2) is 32.9 Å². The zero-order chi connectivity index (χ0) is 18.7. The number of primary amides is 1. The molecular formula is C17H18N4O3S2. The fourth-order valence-corrected chi connectivity index (χ4v) is 4.48. The zero-order valence-electron chi connectivity index (χ0n) is 14.2. The molecule has 0 saturated heterocycles. The third-order valence-corrected chi connectivity index (χ3v) is 5.93. The maximum absolute atomic E-state index is 12.5. The fourth-order valence-electron chi connectivity index (χ4n) is 2.56. The van der Waals surface area contributed by atoms with Crippen LogP contribution in [0.4, 0.5) is 5.69 Å². The van der Waals surface area contributed by atoms with Gasteiger partial charge in [-0.25, -0.2) is 4.98 Å². The number of amides is 2. The highest BCUT2D eigenvalue weighted by molar-refractivity contribution is 8.00. The van der Waals surface area contributed by atoms with Crippen molar-refractivity contribution in [3.05, 3.63) is 45.9 Å². The Bertz CT molecular complexity index is 909. The molecule has 0 saturated carbocycles. The number of nitrogens with two attached hydrogens (primary N) is 1. The summed E-state index contributed by atoms with van der Waals surface area (Å²) < 4.78 is 1.61. The van der Waals surface area contributed by atoms with Gasteiger partial charge in [-0.1, -0.05) is 11.8 Å². The predicted molar refractivity (Wildman–Crippen MR) is 103 cm³/mol. The summed E-state index contributed by atoms with van der Waals surface area (Å²) in [6.45, 7) is 2.40. The van der Waals surface area contributed by atoms with E-state index >= 15 is 0 Å². The van der Waals surface area contributed by atoms with Crippen molar-refractivity contribution >= 4 is 41.0 Å². The molecular weight excluding hydrogens is 372 g/mol. The minimum atomic E-state index is -0.517. The van der Waals surface area contributed by atoms with Crippen molar-refractivity contribution in [2.45, 2.75) is 29.9 Å². The van der Waals surface area contributed by atoms with Crippen molar-refractivity contribution in [3.63, 3.8) is 0 Å². The van der Waals surface area contributed by atoms with E-state index in [1.54, 1.807) is 40.6 Å². The van der Waals surface area contributed by atoms with Crippen LogP contribution in [-0.2, 0) is 17.8 Å². The highest BCUT2D eigenvalue weighted by atomic mass is 32.2. The van der Waals surface area contributed by atoms with Gasteiger partial charge >= 0.3 is 0 Å². The van der Waals surface area contributed by atoms with E-state index in [2.05, 4.69) is 10.3 Å². The van der Waals surface area contributed by atoms with E-state index in [4.69, 9.17) is 5.73 Å². The second-order valence-electron chi connectivity index (χ2n) is 5.60. The summed E-state index contributed by atoms with van der Waals surface area (Å²) in [4.78, 5) is 41.0. The number of thioether (sulfide) groups is 2. The van der Waals surface area contributed by atoms with Gasteiger partial charge < -0.3 is 11.1 Å². The lowest BCUT2D eigenvalue weighted by molar-refractivity contribution is -0.113. The third-order valence-electron chi connectivity index (χ3n) is 3.85. The lowest BCUT2D eigenvalue weighted by Gasteiger charge is -2.11. The van der Waals surface area contributed by atoms with Gasteiger partial charge in [0, 0.05) is 30.0 Å². The molecule has 1 aromatic heterocycles. The summed E-state index contributed by atoms with van der Waals surface area (Å²) in [5, 5.41) is 3.32. The first kappa shape index (κ1) is 18.5. The molecule has 2 aromatic rings. The van der Waals surface area contributed by atoms with Gasteiger partial charge in [-0.05, 0) is 31.2 Å². The maximum Gasteiger partial charge on any atom is 0.268 e. The van der Waals surface area contributed by atoms with Crippen LogP contribution >= 0.6 is 23.5 Å². The largest absolute Gasteiger partial charge is 0.366 e. The lowest BCUT2D eigenvalue weighted by Crippen LogP contribution is -2.25. The van der Waals surface area contributed by atoms with Gasteiger partial charge in [-0.2, -0.15) is 0 Å². The number of nitrogens with one attached hydrogen (secondary N) is 1. The molecule has 1 aromatic carbocycles. The number of carbonyl (C=O) groups excluding carboxylic acids is 2. The molecule has 9 heteroatoms. The molecule has 3 N–H and O–H groups in total. The Hall–Kier alpha value is -2.26. The summed E-state index contributed by atoms with van der Waals surface area (Å²) >= 11 is 2.79. The maximum atomic E-state index is 12.5. The average Bonchev–Trinajstić information content (AvgIpc) is 3.09.